The number of hydrogen-bond acceptors (Lipinski definition) is 5. The van der Waals surface area contributed by atoms with Gasteiger partial charge >= 0.3 is 0 Å². The smallest absolute Gasteiger partial charge is 0.188 e. The lowest BCUT2D eigenvalue weighted by Gasteiger charge is -2.28. The summed E-state index contributed by atoms with van der Waals surface area (Å²) in [5, 5.41) is 3.05. The van der Waals surface area contributed by atoms with Crippen molar-refractivity contribution in [2.24, 2.45) is 0 Å². The number of rotatable bonds is 2. The van der Waals surface area contributed by atoms with Crippen LogP contribution in [0.4, 0.5) is 5.13 Å². The molecule has 0 unspecified atom stereocenters. The zero-order chi connectivity index (χ0) is 11.9. The molecule has 4 nitrogen and oxygen atoms in total. The molecular weight excluding hydrogens is 236 g/mol. The lowest BCUT2D eigenvalue weighted by Crippen LogP contribution is -2.40. The Kier molecular flexibility index (Phi) is 2.45. The first kappa shape index (κ1) is 10.8. The largest absolute Gasteiger partial charge is 0.472 e. The Morgan fingerprint density at radius 2 is 2.35 bits per heavy atom. The van der Waals surface area contributed by atoms with E-state index in [1.54, 1.807) is 23.9 Å². The van der Waals surface area contributed by atoms with Gasteiger partial charge in [0.15, 0.2) is 5.13 Å². The van der Waals surface area contributed by atoms with Crippen LogP contribution in [-0.2, 0) is 4.74 Å². The molecule has 0 N–H and O–H groups in total. The van der Waals surface area contributed by atoms with Gasteiger partial charge < -0.3 is 14.1 Å². The number of nitrogens with zero attached hydrogens (tertiary/aromatic N) is 2. The fourth-order valence-corrected chi connectivity index (χ4v) is 2.87. The standard InChI is InChI=1S/C12H14N2O2S/c1-12(2)7-16-8-14(12)11-13-10(6-17-11)9-3-4-15-5-9/h3-6H,7-8H2,1-2H3. The summed E-state index contributed by atoms with van der Waals surface area (Å²) in [6.45, 7) is 5.69. The predicted molar refractivity (Wildman–Crippen MR) is 67.2 cm³/mol. The molecule has 0 aliphatic carbocycles. The van der Waals surface area contributed by atoms with Gasteiger partial charge in [-0.05, 0) is 19.9 Å². The van der Waals surface area contributed by atoms with Gasteiger partial charge in [-0.15, -0.1) is 11.3 Å². The Bertz CT molecular complexity index is 504. The minimum Gasteiger partial charge on any atom is -0.472 e. The Hall–Kier alpha value is -1.33. The van der Waals surface area contributed by atoms with Crippen molar-refractivity contribution in [1.29, 1.82) is 0 Å². The summed E-state index contributed by atoms with van der Waals surface area (Å²) >= 11 is 1.64. The molecule has 5 heteroatoms. The van der Waals surface area contributed by atoms with Crippen molar-refractivity contribution < 1.29 is 9.15 Å². The molecular formula is C12H14N2O2S. The molecule has 0 saturated carbocycles. The van der Waals surface area contributed by atoms with E-state index in [4.69, 9.17) is 9.15 Å². The van der Waals surface area contributed by atoms with E-state index in [1.807, 2.05) is 6.07 Å². The molecule has 0 amide bonds. The highest BCUT2D eigenvalue weighted by Gasteiger charge is 2.34. The molecule has 0 atom stereocenters. The number of anilines is 1. The highest BCUT2D eigenvalue weighted by atomic mass is 32.1. The van der Waals surface area contributed by atoms with Crippen LogP contribution >= 0.6 is 11.3 Å². The zero-order valence-electron chi connectivity index (χ0n) is 9.84. The van der Waals surface area contributed by atoms with Crippen molar-refractivity contribution in [3.8, 4) is 11.3 Å². The van der Waals surface area contributed by atoms with E-state index in [2.05, 4.69) is 29.1 Å². The lowest BCUT2D eigenvalue weighted by atomic mass is 10.1. The summed E-state index contributed by atoms with van der Waals surface area (Å²) in [6, 6.07) is 1.92. The van der Waals surface area contributed by atoms with Crippen LogP contribution in [0.5, 0.6) is 0 Å². The molecule has 17 heavy (non-hydrogen) atoms. The van der Waals surface area contributed by atoms with E-state index in [0.29, 0.717) is 6.73 Å². The molecule has 2 aromatic rings. The average molecular weight is 250 g/mol. The third-order valence-electron chi connectivity index (χ3n) is 2.95. The zero-order valence-corrected chi connectivity index (χ0v) is 10.7. The van der Waals surface area contributed by atoms with Gasteiger partial charge in [-0.25, -0.2) is 4.98 Å². The summed E-state index contributed by atoms with van der Waals surface area (Å²) in [7, 11) is 0. The fourth-order valence-electron chi connectivity index (χ4n) is 1.88. The molecule has 3 rings (SSSR count). The highest BCUT2D eigenvalue weighted by Crippen LogP contribution is 2.33. The van der Waals surface area contributed by atoms with Crippen LogP contribution in [0.3, 0.4) is 0 Å². The summed E-state index contributed by atoms with van der Waals surface area (Å²) in [5.41, 5.74) is 2.00. The summed E-state index contributed by atoms with van der Waals surface area (Å²) in [4.78, 5) is 6.83. The second-order valence-corrected chi connectivity index (χ2v) is 5.58. The van der Waals surface area contributed by atoms with Crippen molar-refractivity contribution in [2.75, 3.05) is 18.2 Å². The summed E-state index contributed by atoms with van der Waals surface area (Å²) in [6.07, 6.45) is 3.38. The summed E-state index contributed by atoms with van der Waals surface area (Å²) < 4.78 is 10.6. The Morgan fingerprint density at radius 3 is 3.00 bits per heavy atom. The monoisotopic (exact) mass is 250 g/mol. The van der Waals surface area contributed by atoms with Crippen LogP contribution < -0.4 is 4.90 Å². The lowest BCUT2D eigenvalue weighted by molar-refractivity contribution is 0.184. The molecule has 1 saturated heterocycles. The van der Waals surface area contributed by atoms with E-state index in [0.717, 1.165) is 23.0 Å². The molecule has 1 aliphatic rings. The third kappa shape index (κ3) is 1.85. The Morgan fingerprint density at radius 1 is 1.47 bits per heavy atom. The minimum absolute atomic E-state index is 0.0194. The number of thiazole rings is 1. The second kappa shape index (κ2) is 3.85. The maximum Gasteiger partial charge on any atom is 0.188 e. The maximum absolute atomic E-state index is 5.50. The van der Waals surface area contributed by atoms with E-state index in [9.17, 15) is 0 Å². The third-order valence-corrected chi connectivity index (χ3v) is 3.81. The minimum atomic E-state index is 0.0194. The number of ether oxygens (including phenoxy) is 1. The number of aromatic nitrogens is 1. The first-order valence-corrected chi connectivity index (χ1v) is 6.38. The quantitative estimate of drug-likeness (QED) is 0.821. The molecule has 2 aromatic heterocycles. The summed E-state index contributed by atoms with van der Waals surface area (Å²) in [5.74, 6) is 0. The molecule has 0 bridgehead atoms. The SMILES string of the molecule is CC1(C)COCN1c1nc(-c2ccoc2)cs1. The van der Waals surface area contributed by atoms with Gasteiger partial charge in [0.2, 0.25) is 0 Å². The van der Waals surface area contributed by atoms with Gasteiger partial charge in [0.25, 0.3) is 0 Å². The van der Waals surface area contributed by atoms with Crippen molar-refractivity contribution in [3.63, 3.8) is 0 Å². The molecule has 90 valence electrons. The molecule has 0 spiro atoms. The molecule has 1 fully saturated rings. The van der Waals surface area contributed by atoms with Gasteiger partial charge in [0.1, 0.15) is 6.73 Å². The Balaban J connectivity index is 1.91. The van der Waals surface area contributed by atoms with E-state index in [1.165, 1.54) is 0 Å². The fraction of sp³-hybridized carbons (Fsp3) is 0.417. The molecule has 1 aliphatic heterocycles. The van der Waals surface area contributed by atoms with Crippen LogP contribution in [0.1, 0.15) is 13.8 Å². The van der Waals surface area contributed by atoms with Crippen molar-refractivity contribution in [2.45, 2.75) is 19.4 Å². The van der Waals surface area contributed by atoms with Crippen LogP contribution in [0.2, 0.25) is 0 Å². The van der Waals surface area contributed by atoms with Gasteiger partial charge in [-0.3, -0.25) is 0 Å². The Labute approximate surface area is 104 Å². The average Bonchev–Trinajstić information content (AvgIpc) is 2.94. The van der Waals surface area contributed by atoms with Crippen LogP contribution in [0, 0.1) is 0 Å². The number of hydrogen-bond donors (Lipinski definition) is 0. The van der Waals surface area contributed by atoms with Gasteiger partial charge in [-0.1, -0.05) is 0 Å². The molecule has 0 radical (unpaired) electrons. The molecule has 0 aromatic carbocycles. The van der Waals surface area contributed by atoms with Crippen molar-refractivity contribution in [3.05, 3.63) is 24.0 Å². The van der Waals surface area contributed by atoms with Crippen LogP contribution in [0.25, 0.3) is 11.3 Å². The molecule has 3 heterocycles. The first-order chi connectivity index (χ1) is 8.17. The van der Waals surface area contributed by atoms with Crippen molar-refractivity contribution >= 4 is 16.5 Å². The maximum atomic E-state index is 5.50. The topological polar surface area (TPSA) is 38.5 Å². The van der Waals surface area contributed by atoms with Gasteiger partial charge in [0, 0.05) is 10.9 Å². The number of furan rings is 1. The van der Waals surface area contributed by atoms with Crippen molar-refractivity contribution in [1.82, 2.24) is 4.98 Å². The van der Waals surface area contributed by atoms with Gasteiger partial charge in [-0.2, -0.15) is 0 Å². The van der Waals surface area contributed by atoms with Crippen LogP contribution in [-0.4, -0.2) is 23.9 Å². The predicted octanol–water partition coefficient (Wildman–Crippen LogP) is 2.98. The second-order valence-electron chi connectivity index (χ2n) is 4.75. The first-order valence-electron chi connectivity index (χ1n) is 5.50. The highest BCUT2D eigenvalue weighted by molar-refractivity contribution is 7.14. The van der Waals surface area contributed by atoms with Gasteiger partial charge in [0.05, 0.1) is 30.4 Å². The van der Waals surface area contributed by atoms with E-state index >= 15 is 0 Å². The van der Waals surface area contributed by atoms with E-state index in [-0.39, 0.29) is 5.54 Å². The van der Waals surface area contributed by atoms with E-state index < -0.39 is 0 Å². The normalized spacial score (nSPS) is 18.8. The van der Waals surface area contributed by atoms with Crippen LogP contribution in [0.15, 0.2) is 28.4 Å².